The van der Waals surface area contributed by atoms with Crippen molar-refractivity contribution in [2.24, 2.45) is 0 Å². The Morgan fingerprint density at radius 2 is 1.70 bits per heavy atom. The van der Waals surface area contributed by atoms with E-state index in [0.29, 0.717) is 45.8 Å². The Morgan fingerprint density at radius 1 is 0.936 bits per heavy atom. The first kappa shape index (κ1) is 29.9. The Kier molecular flexibility index (Phi) is 7.37. The third-order valence-corrected chi connectivity index (χ3v) is 8.72. The zero-order valence-electron chi connectivity index (χ0n) is 25.9. The van der Waals surface area contributed by atoms with Gasteiger partial charge in [-0.25, -0.2) is 9.78 Å². The minimum atomic E-state index is -1.79. The number of benzene rings is 3. The van der Waals surface area contributed by atoms with Crippen molar-refractivity contribution >= 4 is 27.8 Å². The number of cyclic esters (lactones) is 1. The average molecular weight is 631 g/mol. The smallest absolute Gasteiger partial charge is 0.343 e. The second-order valence-electron chi connectivity index (χ2n) is 11.3. The van der Waals surface area contributed by atoms with Crippen LogP contribution in [0.1, 0.15) is 30.0 Å². The lowest BCUT2D eigenvalue weighted by Gasteiger charge is -2.31. The molecule has 10 nitrogen and oxygen atoms in total. The van der Waals surface area contributed by atoms with E-state index >= 15 is 0 Å². The topological polar surface area (TPSA) is 130 Å². The molecular weight excluding hydrogens is 600 g/mol. The van der Waals surface area contributed by atoms with E-state index in [-0.39, 0.29) is 29.8 Å². The normalized spacial score (nSPS) is 16.0. The number of nitrogens with zero attached hydrogens (tertiary/aromatic N) is 2. The van der Waals surface area contributed by atoms with Crippen molar-refractivity contribution < 1.29 is 28.5 Å². The fraction of sp³-hybridized carbons (Fsp3) is 0.189. The van der Waals surface area contributed by atoms with Gasteiger partial charge in [-0.15, -0.1) is 0 Å². The van der Waals surface area contributed by atoms with Crippen molar-refractivity contribution in [2.45, 2.75) is 32.1 Å². The number of rotatable bonds is 4. The Bertz CT molecular complexity index is 2330. The molecule has 0 saturated carbocycles. The molecule has 0 saturated heterocycles. The number of para-hydroxylation sites is 2. The SMILES string of the molecule is CCC1(O)C(=O)OCc2c1cc1n(c2=O)Cc2cc3ccccc3nc2-1.COc1c(-c2ccccc2)oc2c(OC)cccc2c1=O. The highest BCUT2D eigenvalue weighted by molar-refractivity contribution is 5.87. The maximum atomic E-state index is 13.0. The number of methoxy groups -OCH3 is 2. The highest BCUT2D eigenvalue weighted by Crippen LogP contribution is 2.39. The van der Waals surface area contributed by atoms with Crippen molar-refractivity contribution in [3.8, 4) is 34.2 Å². The number of hydrogen-bond acceptors (Lipinski definition) is 9. The van der Waals surface area contributed by atoms with E-state index in [2.05, 4.69) is 0 Å². The van der Waals surface area contributed by atoms with Crippen molar-refractivity contribution in [1.82, 2.24) is 9.55 Å². The first-order valence-electron chi connectivity index (χ1n) is 15.1. The molecule has 3 aromatic heterocycles. The van der Waals surface area contributed by atoms with Crippen LogP contribution in [-0.2, 0) is 28.3 Å². The summed E-state index contributed by atoms with van der Waals surface area (Å²) in [5.74, 6) is 0.410. The molecule has 1 unspecified atom stereocenters. The van der Waals surface area contributed by atoms with Crippen LogP contribution in [0.5, 0.6) is 11.5 Å². The fourth-order valence-electron chi connectivity index (χ4n) is 6.22. The van der Waals surface area contributed by atoms with Gasteiger partial charge in [-0.3, -0.25) is 9.59 Å². The van der Waals surface area contributed by atoms with E-state index in [1.165, 1.54) is 7.11 Å². The summed E-state index contributed by atoms with van der Waals surface area (Å²) in [7, 11) is 3.01. The molecule has 0 bridgehead atoms. The Hall–Kier alpha value is -5.74. The molecule has 0 aliphatic carbocycles. The molecule has 2 aliphatic rings. The number of ether oxygens (including phenoxy) is 3. The van der Waals surface area contributed by atoms with Crippen LogP contribution in [0.3, 0.4) is 0 Å². The molecule has 0 fully saturated rings. The van der Waals surface area contributed by atoms with Gasteiger partial charge in [-0.1, -0.05) is 61.5 Å². The van der Waals surface area contributed by atoms with Crippen LogP contribution >= 0.6 is 0 Å². The molecule has 8 rings (SSSR count). The first-order valence-corrected chi connectivity index (χ1v) is 15.1. The second-order valence-corrected chi connectivity index (χ2v) is 11.3. The molecule has 10 heteroatoms. The maximum absolute atomic E-state index is 13.0. The molecule has 6 aromatic rings. The van der Waals surface area contributed by atoms with Gasteiger partial charge in [0.15, 0.2) is 22.7 Å². The number of carbonyl (C=O) groups is 1. The summed E-state index contributed by atoms with van der Waals surface area (Å²) in [6.45, 7) is 2.01. The van der Waals surface area contributed by atoms with E-state index < -0.39 is 11.6 Å². The zero-order valence-corrected chi connectivity index (χ0v) is 25.9. The maximum Gasteiger partial charge on any atom is 0.343 e. The summed E-state index contributed by atoms with van der Waals surface area (Å²) in [4.78, 5) is 42.5. The van der Waals surface area contributed by atoms with Crippen LogP contribution in [0.25, 0.3) is 44.6 Å². The van der Waals surface area contributed by atoms with E-state index in [1.807, 2.05) is 60.7 Å². The minimum Gasteiger partial charge on any atom is -0.493 e. The Morgan fingerprint density at radius 3 is 2.45 bits per heavy atom. The van der Waals surface area contributed by atoms with Crippen LogP contribution < -0.4 is 20.5 Å². The minimum absolute atomic E-state index is 0.110. The Labute approximate surface area is 268 Å². The number of carbonyl (C=O) groups excluding carboxylic acids is 1. The number of aromatic nitrogens is 2. The predicted molar refractivity (Wildman–Crippen MR) is 176 cm³/mol. The van der Waals surface area contributed by atoms with Crippen molar-refractivity contribution in [2.75, 3.05) is 14.2 Å². The van der Waals surface area contributed by atoms with E-state index in [1.54, 1.807) is 42.9 Å². The molecule has 0 radical (unpaired) electrons. The summed E-state index contributed by atoms with van der Waals surface area (Å²) in [5.41, 5.74) is 2.80. The molecular formula is C37H30N2O8. The second kappa shape index (κ2) is 11.6. The number of fused-ring (bicyclic) bond motifs is 6. The first-order chi connectivity index (χ1) is 22.8. The van der Waals surface area contributed by atoms with Crippen LogP contribution in [0.15, 0.2) is 98.9 Å². The van der Waals surface area contributed by atoms with Gasteiger partial charge in [0.25, 0.3) is 5.56 Å². The number of hydrogen-bond donors (Lipinski definition) is 1. The molecule has 1 atom stereocenters. The number of aliphatic hydroxyl groups is 1. The third kappa shape index (κ3) is 4.76. The fourth-order valence-corrected chi connectivity index (χ4v) is 6.22. The molecule has 236 valence electrons. The quantitative estimate of drug-likeness (QED) is 0.249. The summed E-state index contributed by atoms with van der Waals surface area (Å²) < 4.78 is 23.2. The van der Waals surface area contributed by atoms with Crippen molar-refractivity contribution in [3.63, 3.8) is 0 Å². The van der Waals surface area contributed by atoms with Gasteiger partial charge in [-0.2, -0.15) is 0 Å². The summed E-state index contributed by atoms with van der Waals surface area (Å²) in [6.07, 6.45) is 0.139. The van der Waals surface area contributed by atoms with Gasteiger partial charge in [0.05, 0.1) is 48.6 Å². The molecule has 47 heavy (non-hydrogen) atoms. The monoisotopic (exact) mass is 630 g/mol. The van der Waals surface area contributed by atoms with E-state index in [4.69, 9.17) is 23.6 Å². The molecule has 2 aliphatic heterocycles. The van der Waals surface area contributed by atoms with Gasteiger partial charge in [0, 0.05) is 22.1 Å². The van der Waals surface area contributed by atoms with Gasteiger partial charge in [0.1, 0.15) is 6.61 Å². The van der Waals surface area contributed by atoms with Crippen LogP contribution in [-0.4, -0.2) is 34.8 Å². The van der Waals surface area contributed by atoms with E-state index in [0.717, 1.165) is 27.7 Å². The Balaban J connectivity index is 0.000000153. The van der Waals surface area contributed by atoms with Crippen molar-refractivity contribution in [1.29, 1.82) is 0 Å². The largest absolute Gasteiger partial charge is 0.493 e. The third-order valence-electron chi connectivity index (χ3n) is 8.72. The summed E-state index contributed by atoms with van der Waals surface area (Å²) >= 11 is 0. The highest BCUT2D eigenvalue weighted by Gasteiger charge is 2.45. The predicted octanol–water partition coefficient (Wildman–Crippen LogP) is 5.56. The molecule has 0 spiro atoms. The van der Waals surface area contributed by atoms with Crippen LogP contribution in [0.4, 0.5) is 0 Å². The van der Waals surface area contributed by atoms with Gasteiger partial charge in [0.2, 0.25) is 11.2 Å². The lowest BCUT2D eigenvalue weighted by atomic mass is 9.86. The average Bonchev–Trinajstić information content (AvgIpc) is 3.47. The highest BCUT2D eigenvalue weighted by atomic mass is 16.6. The molecule has 1 N–H and O–H groups in total. The van der Waals surface area contributed by atoms with E-state index in [9.17, 15) is 19.5 Å². The molecule has 3 aromatic carbocycles. The van der Waals surface area contributed by atoms with Gasteiger partial charge >= 0.3 is 5.97 Å². The standard InChI is InChI=1S/C20H16N2O4.C17H14O4/c1-2-20(25)14-8-16-17-12(7-11-5-3-4-6-15(11)21-17)9-22(16)18(23)13(14)10-26-19(20)24;1-19-13-10-6-9-12-14(18)17(20-2)15(21-16(12)13)11-7-4-3-5-8-11/h3-8,25H,2,9-10H2,1H3;3-10H,1-2H3. The number of pyridine rings is 2. The summed E-state index contributed by atoms with van der Waals surface area (Å²) in [6, 6.07) is 26.1. The lowest BCUT2D eigenvalue weighted by molar-refractivity contribution is -0.172. The van der Waals surface area contributed by atoms with Gasteiger partial charge < -0.3 is 28.3 Å². The van der Waals surface area contributed by atoms with Crippen molar-refractivity contribution in [3.05, 3.63) is 122 Å². The van der Waals surface area contributed by atoms with Gasteiger partial charge in [-0.05, 0) is 36.8 Å². The molecule has 0 amide bonds. The van der Waals surface area contributed by atoms with Crippen LogP contribution in [0, 0.1) is 0 Å². The van der Waals surface area contributed by atoms with Crippen LogP contribution in [0.2, 0.25) is 0 Å². The zero-order chi connectivity index (χ0) is 32.9. The molecule has 5 heterocycles. The number of esters is 1. The lowest BCUT2D eigenvalue weighted by Crippen LogP contribution is -2.44. The summed E-state index contributed by atoms with van der Waals surface area (Å²) in [5, 5.41) is 12.3.